The Morgan fingerprint density at radius 3 is 2.19 bits per heavy atom. The number of para-hydroxylation sites is 1. The van der Waals surface area contributed by atoms with E-state index in [1.165, 1.54) is 6.07 Å². The Morgan fingerprint density at radius 1 is 0.905 bits per heavy atom. The zero-order valence-corrected chi connectivity index (χ0v) is 11.1. The zero-order chi connectivity index (χ0) is 15.2. The predicted molar refractivity (Wildman–Crippen MR) is 77.6 cm³/mol. The maximum atomic E-state index is 10.7. The number of anilines is 2. The van der Waals surface area contributed by atoms with Gasteiger partial charge in [-0.25, -0.2) is 0 Å². The second kappa shape index (κ2) is 6.47. The van der Waals surface area contributed by atoms with Gasteiger partial charge in [-0.2, -0.15) is 0 Å². The van der Waals surface area contributed by atoms with Crippen LogP contribution in [0.2, 0.25) is 0 Å². The van der Waals surface area contributed by atoms with E-state index in [2.05, 4.69) is 5.32 Å². The van der Waals surface area contributed by atoms with E-state index in [4.69, 9.17) is 0 Å². The average Bonchev–Trinajstić information content (AvgIpc) is 2.42. The molecular formula is C14H13N3O4. The third kappa shape index (κ3) is 4.27. The van der Waals surface area contributed by atoms with Gasteiger partial charge in [-0.1, -0.05) is 24.3 Å². The molecule has 0 heterocycles. The lowest BCUT2D eigenvalue weighted by Crippen LogP contribution is -2.05. The average molecular weight is 287 g/mol. The van der Waals surface area contributed by atoms with Gasteiger partial charge in [0.15, 0.2) is 0 Å². The summed E-state index contributed by atoms with van der Waals surface area (Å²) in [5, 5.41) is 24.3. The first-order valence-electron chi connectivity index (χ1n) is 6.22. The molecule has 0 saturated carbocycles. The van der Waals surface area contributed by atoms with E-state index in [1.807, 2.05) is 30.3 Å². The lowest BCUT2D eigenvalue weighted by molar-refractivity contribution is -0.497. The maximum Gasteiger partial charge on any atom is 0.230 e. The molecule has 108 valence electrons. The minimum absolute atomic E-state index is 0.317. The number of benzene rings is 2. The first kappa shape index (κ1) is 14.4. The number of nitrogens with zero attached hydrogens (tertiary/aromatic N) is 2. The van der Waals surface area contributed by atoms with Crippen LogP contribution in [0.4, 0.5) is 11.4 Å². The van der Waals surface area contributed by atoms with Crippen LogP contribution in [-0.4, -0.2) is 9.85 Å². The molecule has 21 heavy (non-hydrogen) atoms. The molecule has 0 aliphatic rings. The van der Waals surface area contributed by atoms with Crippen molar-refractivity contribution in [1.82, 2.24) is 0 Å². The minimum atomic E-state index is -0.436. The molecule has 0 spiro atoms. The highest BCUT2D eigenvalue weighted by molar-refractivity contribution is 5.63. The molecule has 7 heteroatoms. The van der Waals surface area contributed by atoms with Crippen LogP contribution in [-0.2, 0) is 13.1 Å². The van der Waals surface area contributed by atoms with Gasteiger partial charge in [-0.15, -0.1) is 0 Å². The van der Waals surface area contributed by atoms with Crippen LogP contribution in [0, 0.1) is 20.2 Å². The summed E-state index contributed by atoms with van der Waals surface area (Å²) < 4.78 is 0. The van der Waals surface area contributed by atoms with Crippen molar-refractivity contribution in [2.24, 2.45) is 0 Å². The van der Waals surface area contributed by atoms with Crippen molar-refractivity contribution < 1.29 is 9.85 Å². The molecule has 7 nitrogen and oxygen atoms in total. The van der Waals surface area contributed by atoms with E-state index >= 15 is 0 Å². The summed E-state index contributed by atoms with van der Waals surface area (Å²) in [4.78, 5) is 20.4. The van der Waals surface area contributed by atoms with Gasteiger partial charge < -0.3 is 5.32 Å². The van der Waals surface area contributed by atoms with Gasteiger partial charge in [0.05, 0.1) is 0 Å². The summed E-state index contributed by atoms with van der Waals surface area (Å²) >= 11 is 0. The number of rotatable bonds is 6. The number of nitro groups is 2. The van der Waals surface area contributed by atoms with Crippen LogP contribution >= 0.6 is 0 Å². The normalized spacial score (nSPS) is 10.1. The molecule has 0 fully saturated rings. The Hall–Kier alpha value is -2.96. The smallest absolute Gasteiger partial charge is 0.230 e. The Kier molecular flexibility index (Phi) is 4.45. The second-order valence-electron chi connectivity index (χ2n) is 4.46. The van der Waals surface area contributed by atoms with E-state index < -0.39 is 9.85 Å². The summed E-state index contributed by atoms with van der Waals surface area (Å²) in [6.07, 6.45) is 0. The van der Waals surface area contributed by atoms with Crippen molar-refractivity contribution in [3.8, 4) is 0 Å². The highest BCUT2D eigenvalue weighted by atomic mass is 16.6. The summed E-state index contributed by atoms with van der Waals surface area (Å²) in [6, 6.07) is 13.8. The molecule has 0 bridgehead atoms. The molecule has 0 atom stereocenters. The van der Waals surface area contributed by atoms with Crippen molar-refractivity contribution in [2.75, 3.05) is 5.32 Å². The quantitative estimate of drug-likeness (QED) is 0.650. The molecular weight excluding hydrogens is 274 g/mol. The van der Waals surface area contributed by atoms with Crippen LogP contribution in [0.5, 0.6) is 0 Å². The molecule has 0 aliphatic carbocycles. The van der Waals surface area contributed by atoms with Gasteiger partial charge in [0.25, 0.3) is 0 Å². The van der Waals surface area contributed by atoms with Crippen molar-refractivity contribution in [2.45, 2.75) is 13.1 Å². The fraction of sp³-hybridized carbons (Fsp3) is 0.143. The maximum absolute atomic E-state index is 10.7. The third-order valence-corrected chi connectivity index (χ3v) is 2.84. The van der Waals surface area contributed by atoms with Gasteiger partial charge in [-0.3, -0.25) is 20.2 Å². The van der Waals surface area contributed by atoms with Crippen LogP contribution in [0.15, 0.2) is 48.5 Å². The Labute approximate surface area is 120 Å². The number of hydrogen-bond donors (Lipinski definition) is 1. The summed E-state index contributed by atoms with van der Waals surface area (Å²) in [5.41, 5.74) is 2.25. The van der Waals surface area contributed by atoms with Crippen LogP contribution < -0.4 is 5.32 Å². The Balaban J connectivity index is 2.33. The highest BCUT2D eigenvalue weighted by Gasteiger charge is 2.12. The SMILES string of the molecule is O=[N+]([O-])Cc1ccc(C[N+](=O)[O-])c(Nc2ccccc2)c1. The lowest BCUT2D eigenvalue weighted by Gasteiger charge is -2.11. The molecule has 2 rings (SSSR count). The fourth-order valence-corrected chi connectivity index (χ4v) is 1.94. The molecule has 0 aliphatic heterocycles. The standard InChI is InChI=1S/C14H13N3O4/c18-16(19)9-11-6-7-12(10-17(20)21)14(8-11)15-13-4-2-1-3-5-13/h1-8,15H,9-10H2. The van der Waals surface area contributed by atoms with E-state index in [0.717, 1.165) is 5.69 Å². The number of hydrogen-bond acceptors (Lipinski definition) is 5. The van der Waals surface area contributed by atoms with Crippen molar-refractivity contribution in [3.63, 3.8) is 0 Å². The van der Waals surface area contributed by atoms with E-state index in [1.54, 1.807) is 12.1 Å². The van der Waals surface area contributed by atoms with Gasteiger partial charge in [0.1, 0.15) is 0 Å². The molecule has 0 radical (unpaired) electrons. The van der Waals surface area contributed by atoms with Gasteiger partial charge >= 0.3 is 0 Å². The van der Waals surface area contributed by atoms with Crippen molar-refractivity contribution >= 4 is 11.4 Å². The first-order valence-corrected chi connectivity index (χ1v) is 6.22. The molecule has 0 amide bonds. The molecule has 0 aromatic heterocycles. The Bertz CT molecular complexity index is 659. The summed E-state index contributed by atoms with van der Waals surface area (Å²) in [6.45, 7) is -0.657. The molecule has 0 unspecified atom stereocenters. The summed E-state index contributed by atoms with van der Waals surface area (Å²) in [5.74, 6) is 0. The van der Waals surface area contributed by atoms with Crippen LogP contribution in [0.1, 0.15) is 11.1 Å². The largest absolute Gasteiger partial charge is 0.355 e. The summed E-state index contributed by atoms with van der Waals surface area (Å²) in [7, 11) is 0. The van der Waals surface area contributed by atoms with E-state index in [0.29, 0.717) is 16.8 Å². The van der Waals surface area contributed by atoms with Gasteiger partial charge in [0.2, 0.25) is 13.1 Å². The topological polar surface area (TPSA) is 98.3 Å². The van der Waals surface area contributed by atoms with Crippen LogP contribution in [0.25, 0.3) is 0 Å². The zero-order valence-electron chi connectivity index (χ0n) is 11.1. The molecule has 0 saturated heterocycles. The second-order valence-corrected chi connectivity index (χ2v) is 4.46. The van der Waals surface area contributed by atoms with E-state index in [9.17, 15) is 20.2 Å². The minimum Gasteiger partial charge on any atom is -0.355 e. The van der Waals surface area contributed by atoms with Gasteiger partial charge in [-0.05, 0) is 24.3 Å². The fourth-order valence-electron chi connectivity index (χ4n) is 1.94. The molecule has 2 aromatic rings. The predicted octanol–water partition coefficient (Wildman–Crippen LogP) is 2.98. The van der Waals surface area contributed by atoms with E-state index in [-0.39, 0.29) is 13.1 Å². The van der Waals surface area contributed by atoms with Crippen molar-refractivity contribution in [1.29, 1.82) is 0 Å². The monoisotopic (exact) mass is 287 g/mol. The Morgan fingerprint density at radius 2 is 1.57 bits per heavy atom. The van der Waals surface area contributed by atoms with Crippen molar-refractivity contribution in [3.05, 3.63) is 79.9 Å². The number of nitrogens with one attached hydrogen (secondary N) is 1. The molecule has 1 N–H and O–H groups in total. The van der Waals surface area contributed by atoms with Crippen LogP contribution in [0.3, 0.4) is 0 Å². The first-order chi connectivity index (χ1) is 10.0. The van der Waals surface area contributed by atoms with Gasteiger partial charge in [0, 0.05) is 32.3 Å². The highest BCUT2D eigenvalue weighted by Crippen LogP contribution is 2.23. The lowest BCUT2D eigenvalue weighted by atomic mass is 10.1. The third-order valence-electron chi connectivity index (χ3n) is 2.84. The molecule has 2 aromatic carbocycles.